The maximum absolute atomic E-state index is 4.93. The summed E-state index contributed by atoms with van der Waals surface area (Å²) in [6.45, 7) is 6.65. The Bertz CT molecular complexity index is 276. The largest absolute Gasteiger partial charge is 0.365 e. The van der Waals surface area contributed by atoms with E-state index in [1.165, 1.54) is 5.56 Å². The number of hydrogen-bond donors (Lipinski definition) is 2. The van der Waals surface area contributed by atoms with Gasteiger partial charge >= 0.3 is 0 Å². The molecule has 0 unspecified atom stereocenters. The molecule has 0 aromatic heterocycles. The minimum absolute atomic E-state index is 0.515. The Hall–Kier alpha value is -0.670. The zero-order valence-corrected chi connectivity index (χ0v) is 10.9. The van der Waals surface area contributed by atoms with Gasteiger partial charge in [0.05, 0.1) is 0 Å². The van der Waals surface area contributed by atoms with Gasteiger partial charge in [-0.3, -0.25) is 0 Å². The molecular formula is C12H21NOS. The lowest BCUT2D eigenvalue weighted by atomic mass is 10.1. The standard InChI is InChI=1S/C10H15NOS.C2H6/c1-3-8-4-5-10(13)9(6-8)11-7-12-2;1-2/h4-6,11,13H,3,7H2,1-2H3;1-2H3. The molecule has 0 aliphatic rings. The van der Waals surface area contributed by atoms with Crippen molar-refractivity contribution in [3.63, 3.8) is 0 Å². The van der Waals surface area contributed by atoms with Gasteiger partial charge < -0.3 is 10.1 Å². The summed E-state index contributed by atoms with van der Waals surface area (Å²) in [7, 11) is 1.66. The normalized spacial score (nSPS) is 9.13. The molecule has 15 heavy (non-hydrogen) atoms. The SMILES string of the molecule is CC.CCc1ccc(S)c(NCOC)c1. The lowest BCUT2D eigenvalue weighted by molar-refractivity contribution is 0.221. The first-order valence-electron chi connectivity index (χ1n) is 5.32. The van der Waals surface area contributed by atoms with E-state index in [2.05, 4.69) is 37.0 Å². The number of hydrogen-bond acceptors (Lipinski definition) is 3. The van der Waals surface area contributed by atoms with Crippen LogP contribution in [0.1, 0.15) is 26.3 Å². The molecule has 1 rings (SSSR count). The molecule has 0 aliphatic carbocycles. The molecule has 0 aliphatic heterocycles. The summed E-state index contributed by atoms with van der Waals surface area (Å²) in [5.74, 6) is 0. The average molecular weight is 227 g/mol. The summed E-state index contributed by atoms with van der Waals surface area (Å²) in [6.07, 6.45) is 1.04. The summed E-state index contributed by atoms with van der Waals surface area (Å²) in [6, 6.07) is 6.18. The first kappa shape index (κ1) is 14.3. The summed E-state index contributed by atoms with van der Waals surface area (Å²) >= 11 is 4.34. The van der Waals surface area contributed by atoms with Crippen LogP contribution >= 0.6 is 12.6 Å². The summed E-state index contributed by atoms with van der Waals surface area (Å²) in [5.41, 5.74) is 2.33. The fraction of sp³-hybridized carbons (Fsp3) is 0.500. The molecule has 0 atom stereocenters. The number of thiol groups is 1. The molecule has 0 fully saturated rings. The Morgan fingerprint density at radius 3 is 2.53 bits per heavy atom. The van der Waals surface area contributed by atoms with Gasteiger partial charge in [-0.2, -0.15) is 0 Å². The van der Waals surface area contributed by atoms with Crippen LogP contribution in [0.2, 0.25) is 0 Å². The van der Waals surface area contributed by atoms with Crippen LogP contribution in [0.5, 0.6) is 0 Å². The Balaban J connectivity index is 0.000000921. The third kappa shape index (κ3) is 5.09. The van der Waals surface area contributed by atoms with E-state index in [9.17, 15) is 0 Å². The molecule has 0 bridgehead atoms. The van der Waals surface area contributed by atoms with Crippen LogP contribution in [0.3, 0.4) is 0 Å². The third-order valence-corrected chi connectivity index (χ3v) is 2.27. The molecule has 0 saturated carbocycles. The van der Waals surface area contributed by atoms with Crippen molar-refractivity contribution >= 4 is 18.3 Å². The molecular weight excluding hydrogens is 206 g/mol. The number of rotatable bonds is 4. The highest BCUT2D eigenvalue weighted by Gasteiger charge is 1.98. The van der Waals surface area contributed by atoms with Gasteiger partial charge in [0.25, 0.3) is 0 Å². The van der Waals surface area contributed by atoms with E-state index < -0.39 is 0 Å². The monoisotopic (exact) mass is 227 g/mol. The first-order chi connectivity index (χ1) is 7.27. The van der Waals surface area contributed by atoms with Gasteiger partial charge in [-0.25, -0.2) is 0 Å². The number of methoxy groups -OCH3 is 1. The minimum atomic E-state index is 0.515. The highest BCUT2D eigenvalue weighted by atomic mass is 32.1. The van der Waals surface area contributed by atoms with E-state index >= 15 is 0 Å². The van der Waals surface area contributed by atoms with Crippen molar-refractivity contribution in [3.8, 4) is 0 Å². The van der Waals surface area contributed by atoms with Gasteiger partial charge in [0.15, 0.2) is 0 Å². The predicted octanol–water partition coefficient (Wildman–Crippen LogP) is 3.58. The summed E-state index contributed by atoms with van der Waals surface area (Å²) < 4.78 is 4.93. The lowest BCUT2D eigenvalue weighted by Gasteiger charge is -2.09. The molecule has 0 amide bonds. The van der Waals surface area contributed by atoms with Crippen LogP contribution < -0.4 is 5.32 Å². The maximum Gasteiger partial charge on any atom is 0.116 e. The van der Waals surface area contributed by atoms with Crippen molar-refractivity contribution in [2.75, 3.05) is 19.2 Å². The Kier molecular flexibility index (Phi) is 8.24. The average Bonchev–Trinajstić information content (AvgIpc) is 2.31. The number of nitrogens with one attached hydrogen (secondary N) is 1. The quantitative estimate of drug-likeness (QED) is 0.606. The van der Waals surface area contributed by atoms with Crippen molar-refractivity contribution in [1.29, 1.82) is 0 Å². The van der Waals surface area contributed by atoms with Crippen molar-refractivity contribution in [3.05, 3.63) is 23.8 Å². The molecule has 2 nitrogen and oxygen atoms in total. The van der Waals surface area contributed by atoms with E-state index in [-0.39, 0.29) is 0 Å². The van der Waals surface area contributed by atoms with Gasteiger partial charge in [0.2, 0.25) is 0 Å². The smallest absolute Gasteiger partial charge is 0.116 e. The van der Waals surface area contributed by atoms with Crippen LogP contribution in [-0.2, 0) is 11.2 Å². The minimum Gasteiger partial charge on any atom is -0.365 e. The lowest BCUT2D eigenvalue weighted by Crippen LogP contribution is -2.03. The second-order valence-electron chi connectivity index (χ2n) is 2.81. The zero-order chi connectivity index (χ0) is 11.7. The second-order valence-corrected chi connectivity index (χ2v) is 3.30. The molecule has 0 radical (unpaired) electrons. The van der Waals surface area contributed by atoms with Crippen LogP contribution in [-0.4, -0.2) is 13.8 Å². The van der Waals surface area contributed by atoms with Crippen molar-refractivity contribution in [2.45, 2.75) is 32.1 Å². The fourth-order valence-electron chi connectivity index (χ4n) is 1.09. The van der Waals surface area contributed by atoms with E-state index in [1.54, 1.807) is 7.11 Å². The Morgan fingerprint density at radius 1 is 1.33 bits per heavy atom. The van der Waals surface area contributed by atoms with Crippen molar-refractivity contribution in [2.24, 2.45) is 0 Å². The Morgan fingerprint density at radius 2 is 2.00 bits per heavy atom. The first-order valence-corrected chi connectivity index (χ1v) is 5.77. The predicted molar refractivity (Wildman–Crippen MR) is 69.9 cm³/mol. The van der Waals surface area contributed by atoms with E-state index in [1.807, 2.05) is 19.9 Å². The molecule has 1 N–H and O–H groups in total. The van der Waals surface area contributed by atoms with Gasteiger partial charge in [0.1, 0.15) is 6.73 Å². The van der Waals surface area contributed by atoms with Crippen LogP contribution in [0.15, 0.2) is 23.1 Å². The van der Waals surface area contributed by atoms with Crippen molar-refractivity contribution in [1.82, 2.24) is 0 Å². The fourth-order valence-corrected chi connectivity index (χ4v) is 1.31. The number of anilines is 1. The molecule has 1 aromatic rings. The highest BCUT2D eigenvalue weighted by Crippen LogP contribution is 2.21. The molecule has 0 heterocycles. The third-order valence-electron chi connectivity index (χ3n) is 1.88. The topological polar surface area (TPSA) is 21.3 Å². The number of ether oxygens (including phenoxy) is 1. The molecule has 0 spiro atoms. The Labute approximate surface area is 98.4 Å². The van der Waals surface area contributed by atoms with Gasteiger partial charge in [0, 0.05) is 17.7 Å². The van der Waals surface area contributed by atoms with E-state index in [0.717, 1.165) is 17.0 Å². The summed E-state index contributed by atoms with van der Waals surface area (Å²) in [4.78, 5) is 0.953. The molecule has 3 heteroatoms. The molecule has 0 saturated heterocycles. The molecule has 86 valence electrons. The number of aryl methyl sites for hydroxylation is 1. The second kappa shape index (κ2) is 8.62. The molecule has 1 aromatic carbocycles. The highest BCUT2D eigenvalue weighted by molar-refractivity contribution is 7.80. The van der Waals surface area contributed by atoms with E-state index in [0.29, 0.717) is 6.73 Å². The van der Waals surface area contributed by atoms with Crippen molar-refractivity contribution < 1.29 is 4.74 Å². The maximum atomic E-state index is 4.93. The van der Waals surface area contributed by atoms with E-state index in [4.69, 9.17) is 4.74 Å². The van der Waals surface area contributed by atoms with Crippen LogP contribution in [0, 0.1) is 0 Å². The summed E-state index contributed by atoms with van der Waals surface area (Å²) in [5, 5.41) is 3.14. The van der Waals surface area contributed by atoms with Crippen LogP contribution in [0.4, 0.5) is 5.69 Å². The van der Waals surface area contributed by atoms with Gasteiger partial charge in [-0.05, 0) is 24.1 Å². The van der Waals surface area contributed by atoms with Gasteiger partial charge in [-0.1, -0.05) is 26.8 Å². The zero-order valence-electron chi connectivity index (χ0n) is 10.0. The van der Waals surface area contributed by atoms with Crippen LogP contribution in [0.25, 0.3) is 0 Å². The van der Waals surface area contributed by atoms with Gasteiger partial charge in [-0.15, -0.1) is 12.6 Å². The number of benzene rings is 1.